The third kappa shape index (κ3) is 4.21. The van der Waals surface area contributed by atoms with Crippen LogP contribution in [0.5, 0.6) is 0 Å². The zero-order valence-corrected chi connectivity index (χ0v) is 15.4. The maximum atomic E-state index is 12.4. The highest BCUT2D eigenvalue weighted by Crippen LogP contribution is 2.26. The molecular formula is C18H17ClN4OS. The van der Waals surface area contributed by atoms with E-state index in [0.29, 0.717) is 15.9 Å². The second-order valence-electron chi connectivity index (χ2n) is 5.53. The van der Waals surface area contributed by atoms with Crippen molar-refractivity contribution >= 4 is 35.0 Å². The minimum Gasteiger partial charge on any atom is -0.325 e. The molecule has 0 fully saturated rings. The number of nitrogens with one attached hydrogen (secondary N) is 1. The predicted molar refractivity (Wildman–Crippen MR) is 101 cm³/mol. The van der Waals surface area contributed by atoms with Crippen molar-refractivity contribution in [1.29, 1.82) is 0 Å². The van der Waals surface area contributed by atoms with E-state index in [1.54, 1.807) is 30.6 Å². The molecule has 1 amide bonds. The van der Waals surface area contributed by atoms with Gasteiger partial charge in [0.15, 0.2) is 5.16 Å². The number of hydrogen-bond acceptors (Lipinski definition) is 4. The molecule has 1 aromatic heterocycles. The molecule has 0 bridgehead atoms. The van der Waals surface area contributed by atoms with Crippen LogP contribution in [0, 0.1) is 6.92 Å². The van der Waals surface area contributed by atoms with Crippen LogP contribution in [-0.4, -0.2) is 25.9 Å². The summed E-state index contributed by atoms with van der Waals surface area (Å²) in [4.78, 5) is 12.4. The van der Waals surface area contributed by atoms with Crippen molar-refractivity contribution in [1.82, 2.24) is 14.8 Å². The van der Waals surface area contributed by atoms with Crippen LogP contribution >= 0.6 is 23.4 Å². The number of rotatable bonds is 5. The van der Waals surface area contributed by atoms with Gasteiger partial charge in [-0.2, -0.15) is 0 Å². The summed E-state index contributed by atoms with van der Waals surface area (Å²) in [5.74, 6) is -0.105. The van der Waals surface area contributed by atoms with Crippen molar-refractivity contribution in [2.45, 2.75) is 24.3 Å². The van der Waals surface area contributed by atoms with E-state index in [4.69, 9.17) is 11.6 Å². The normalized spacial score (nSPS) is 12.0. The fraction of sp³-hybridized carbons (Fsp3) is 0.167. The Morgan fingerprint density at radius 1 is 1.20 bits per heavy atom. The Morgan fingerprint density at radius 2 is 1.92 bits per heavy atom. The van der Waals surface area contributed by atoms with Gasteiger partial charge in [-0.15, -0.1) is 10.2 Å². The van der Waals surface area contributed by atoms with Gasteiger partial charge in [-0.05, 0) is 49.7 Å². The van der Waals surface area contributed by atoms with Gasteiger partial charge in [0.2, 0.25) is 5.91 Å². The largest absolute Gasteiger partial charge is 0.325 e. The van der Waals surface area contributed by atoms with Crippen LogP contribution in [0.4, 0.5) is 5.69 Å². The molecule has 0 saturated heterocycles. The number of halogens is 1. The number of benzene rings is 2. The number of hydrogen-bond donors (Lipinski definition) is 1. The monoisotopic (exact) mass is 372 g/mol. The highest BCUT2D eigenvalue weighted by Gasteiger charge is 2.19. The maximum Gasteiger partial charge on any atom is 0.237 e. The third-order valence-corrected chi connectivity index (χ3v) is 4.96. The summed E-state index contributed by atoms with van der Waals surface area (Å²) in [6.45, 7) is 3.87. The van der Waals surface area contributed by atoms with Crippen LogP contribution in [0.25, 0.3) is 5.69 Å². The Balaban J connectivity index is 1.72. The molecule has 3 rings (SSSR count). The van der Waals surface area contributed by atoms with Gasteiger partial charge >= 0.3 is 0 Å². The van der Waals surface area contributed by atoms with E-state index in [-0.39, 0.29) is 11.2 Å². The lowest BCUT2D eigenvalue weighted by atomic mass is 10.2. The van der Waals surface area contributed by atoms with Gasteiger partial charge in [0, 0.05) is 10.7 Å². The maximum absolute atomic E-state index is 12.4. The summed E-state index contributed by atoms with van der Waals surface area (Å²) < 4.78 is 1.89. The quantitative estimate of drug-likeness (QED) is 0.676. The topological polar surface area (TPSA) is 59.8 Å². The molecule has 128 valence electrons. The summed E-state index contributed by atoms with van der Waals surface area (Å²) in [5.41, 5.74) is 2.82. The Hall–Kier alpha value is -2.31. The van der Waals surface area contributed by atoms with Gasteiger partial charge in [-0.25, -0.2) is 0 Å². The molecule has 0 aliphatic heterocycles. The second kappa shape index (κ2) is 7.72. The van der Waals surface area contributed by atoms with Crippen molar-refractivity contribution in [3.63, 3.8) is 0 Å². The van der Waals surface area contributed by atoms with Crippen LogP contribution in [0.15, 0.2) is 60.0 Å². The molecule has 0 unspecified atom stereocenters. The van der Waals surface area contributed by atoms with Crippen molar-refractivity contribution in [3.05, 3.63) is 65.4 Å². The summed E-state index contributed by atoms with van der Waals surface area (Å²) in [6, 6.07) is 15.0. The molecule has 0 aliphatic rings. The SMILES string of the molecule is Cc1ccccc1-n1cnnc1S[C@@H](C)C(=O)Nc1ccc(Cl)cc1. The smallest absolute Gasteiger partial charge is 0.237 e. The lowest BCUT2D eigenvalue weighted by molar-refractivity contribution is -0.115. The van der Waals surface area contributed by atoms with Crippen LogP contribution in [-0.2, 0) is 4.79 Å². The molecule has 1 atom stereocenters. The van der Waals surface area contributed by atoms with E-state index in [0.717, 1.165) is 11.3 Å². The first-order chi connectivity index (χ1) is 12.0. The number of nitrogens with zero attached hydrogens (tertiary/aromatic N) is 3. The molecular weight excluding hydrogens is 356 g/mol. The standard InChI is InChI=1S/C18H17ClN4OS/c1-12-5-3-4-6-16(12)23-11-20-22-18(23)25-13(2)17(24)21-15-9-7-14(19)8-10-15/h3-11,13H,1-2H3,(H,21,24)/t13-/m0/s1. The van der Waals surface area contributed by atoms with Crippen molar-refractivity contribution in [2.24, 2.45) is 0 Å². The van der Waals surface area contributed by atoms with Gasteiger partial charge in [0.1, 0.15) is 6.33 Å². The molecule has 0 spiro atoms. The Labute approximate surface area is 155 Å². The van der Waals surface area contributed by atoms with Gasteiger partial charge in [0.25, 0.3) is 0 Å². The number of thioether (sulfide) groups is 1. The molecule has 5 nitrogen and oxygen atoms in total. The molecule has 7 heteroatoms. The van der Waals surface area contributed by atoms with Gasteiger partial charge in [0.05, 0.1) is 10.9 Å². The van der Waals surface area contributed by atoms with Gasteiger partial charge in [-0.1, -0.05) is 41.6 Å². The number of anilines is 1. The summed E-state index contributed by atoms with van der Waals surface area (Å²) >= 11 is 7.22. The second-order valence-corrected chi connectivity index (χ2v) is 7.27. The van der Waals surface area contributed by atoms with E-state index in [9.17, 15) is 4.79 Å². The minimum atomic E-state index is -0.331. The summed E-state index contributed by atoms with van der Waals surface area (Å²) in [5, 5.41) is 12.0. The molecule has 1 N–H and O–H groups in total. The summed E-state index contributed by atoms with van der Waals surface area (Å²) in [6.07, 6.45) is 1.66. The van der Waals surface area contributed by atoms with Crippen molar-refractivity contribution < 1.29 is 4.79 Å². The molecule has 0 aliphatic carbocycles. The number of para-hydroxylation sites is 1. The molecule has 1 heterocycles. The first kappa shape index (κ1) is 17.5. The predicted octanol–water partition coefficient (Wildman–Crippen LogP) is 4.35. The Morgan fingerprint density at radius 3 is 2.64 bits per heavy atom. The number of amides is 1. The number of carbonyl (C=O) groups is 1. The van der Waals surface area contributed by atoms with E-state index >= 15 is 0 Å². The highest BCUT2D eigenvalue weighted by atomic mass is 35.5. The molecule has 25 heavy (non-hydrogen) atoms. The van der Waals surface area contributed by atoms with E-state index in [2.05, 4.69) is 15.5 Å². The lowest BCUT2D eigenvalue weighted by Gasteiger charge is -2.13. The molecule has 0 saturated carbocycles. The average molecular weight is 373 g/mol. The van der Waals surface area contributed by atoms with Crippen LogP contribution < -0.4 is 5.32 Å². The third-order valence-electron chi connectivity index (χ3n) is 3.65. The fourth-order valence-electron chi connectivity index (χ4n) is 2.29. The minimum absolute atomic E-state index is 0.105. The number of aromatic nitrogens is 3. The van der Waals surface area contributed by atoms with Crippen molar-refractivity contribution in [2.75, 3.05) is 5.32 Å². The Bertz CT molecular complexity index is 879. The first-order valence-electron chi connectivity index (χ1n) is 7.73. The molecule has 0 radical (unpaired) electrons. The zero-order valence-electron chi connectivity index (χ0n) is 13.8. The van der Waals surface area contributed by atoms with E-state index < -0.39 is 0 Å². The van der Waals surface area contributed by atoms with Crippen LogP contribution in [0.2, 0.25) is 5.02 Å². The van der Waals surface area contributed by atoms with Gasteiger partial charge < -0.3 is 5.32 Å². The van der Waals surface area contributed by atoms with Crippen molar-refractivity contribution in [3.8, 4) is 5.69 Å². The average Bonchev–Trinajstić information content (AvgIpc) is 3.05. The van der Waals surface area contributed by atoms with E-state index in [1.165, 1.54) is 11.8 Å². The number of aryl methyl sites for hydroxylation is 1. The molecule has 3 aromatic rings. The lowest BCUT2D eigenvalue weighted by Crippen LogP contribution is -2.22. The highest BCUT2D eigenvalue weighted by molar-refractivity contribution is 8.00. The number of carbonyl (C=O) groups excluding carboxylic acids is 1. The Kier molecular flexibility index (Phi) is 5.40. The van der Waals surface area contributed by atoms with Crippen LogP contribution in [0.3, 0.4) is 0 Å². The first-order valence-corrected chi connectivity index (χ1v) is 8.99. The zero-order chi connectivity index (χ0) is 17.8. The van der Waals surface area contributed by atoms with Crippen LogP contribution in [0.1, 0.15) is 12.5 Å². The fourth-order valence-corrected chi connectivity index (χ4v) is 3.25. The van der Waals surface area contributed by atoms with Gasteiger partial charge in [-0.3, -0.25) is 9.36 Å². The molecule has 2 aromatic carbocycles. The van der Waals surface area contributed by atoms with E-state index in [1.807, 2.05) is 42.7 Å². The summed E-state index contributed by atoms with van der Waals surface area (Å²) in [7, 11) is 0.